The number of hydrogen-bond donors (Lipinski definition) is 3. The summed E-state index contributed by atoms with van der Waals surface area (Å²) in [4.78, 5) is 4.26. The summed E-state index contributed by atoms with van der Waals surface area (Å²) in [5.41, 5.74) is 3.51. The lowest BCUT2D eigenvalue weighted by atomic mass is 10.1. The molecule has 7 heteroatoms. The Hall–Kier alpha value is -1.69. The van der Waals surface area contributed by atoms with Gasteiger partial charge in [0.05, 0.1) is 16.1 Å². The molecular formula is C13H12Cl2N4O. The van der Waals surface area contributed by atoms with Gasteiger partial charge in [0.25, 0.3) is 0 Å². The summed E-state index contributed by atoms with van der Waals surface area (Å²) in [6, 6.07) is 9.42. The number of anilines is 2. The fourth-order valence-electron chi connectivity index (χ4n) is 2.12. The van der Waals surface area contributed by atoms with Gasteiger partial charge in [-0.25, -0.2) is 10.8 Å². The van der Waals surface area contributed by atoms with Gasteiger partial charge < -0.3 is 15.5 Å². The molecule has 2 aromatic rings. The summed E-state index contributed by atoms with van der Waals surface area (Å²) in [5.74, 6) is 7.10. The second kappa shape index (κ2) is 5.36. The number of hydrazine groups is 1. The van der Waals surface area contributed by atoms with Crippen molar-refractivity contribution in [2.24, 2.45) is 5.84 Å². The quantitative estimate of drug-likeness (QED) is 0.599. The van der Waals surface area contributed by atoms with E-state index >= 15 is 0 Å². The lowest BCUT2D eigenvalue weighted by Crippen LogP contribution is -2.15. The van der Waals surface area contributed by atoms with Crippen LogP contribution in [0.3, 0.4) is 0 Å². The molecule has 0 amide bonds. The number of rotatable bonds is 3. The molecule has 1 unspecified atom stereocenters. The molecule has 1 aromatic carbocycles. The van der Waals surface area contributed by atoms with Crippen molar-refractivity contribution < 1.29 is 4.74 Å². The van der Waals surface area contributed by atoms with Gasteiger partial charge in [-0.2, -0.15) is 0 Å². The summed E-state index contributed by atoms with van der Waals surface area (Å²) in [6.45, 7) is 0.519. The van der Waals surface area contributed by atoms with E-state index in [4.69, 9.17) is 33.8 Å². The monoisotopic (exact) mass is 310 g/mol. The van der Waals surface area contributed by atoms with Crippen molar-refractivity contribution in [1.29, 1.82) is 0 Å². The van der Waals surface area contributed by atoms with Crippen molar-refractivity contribution in [3.8, 4) is 5.75 Å². The SMILES string of the molecule is NNc1nc(NC2COc3ccccc32)c(Cl)cc1Cl. The van der Waals surface area contributed by atoms with E-state index in [2.05, 4.69) is 15.7 Å². The van der Waals surface area contributed by atoms with Gasteiger partial charge in [0.2, 0.25) is 0 Å². The number of benzene rings is 1. The van der Waals surface area contributed by atoms with E-state index in [9.17, 15) is 0 Å². The van der Waals surface area contributed by atoms with E-state index in [1.54, 1.807) is 6.07 Å². The Labute approximate surface area is 126 Å². The number of pyridine rings is 1. The van der Waals surface area contributed by atoms with Crippen LogP contribution in [0, 0.1) is 0 Å². The predicted molar refractivity (Wildman–Crippen MR) is 80.4 cm³/mol. The Morgan fingerprint density at radius 3 is 2.75 bits per heavy atom. The van der Waals surface area contributed by atoms with Gasteiger partial charge in [-0.3, -0.25) is 0 Å². The van der Waals surface area contributed by atoms with Crippen molar-refractivity contribution in [2.75, 3.05) is 17.3 Å². The number of para-hydroxylation sites is 1. The molecule has 0 saturated carbocycles. The van der Waals surface area contributed by atoms with E-state index in [1.165, 1.54) is 0 Å². The van der Waals surface area contributed by atoms with E-state index < -0.39 is 0 Å². The van der Waals surface area contributed by atoms with E-state index in [0.29, 0.717) is 28.3 Å². The van der Waals surface area contributed by atoms with Crippen LogP contribution in [-0.4, -0.2) is 11.6 Å². The van der Waals surface area contributed by atoms with Crippen LogP contribution < -0.4 is 21.3 Å². The van der Waals surface area contributed by atoms with Gasteiger partial charge >= 0.3 is 0 Å². The number of fused-ring (bicyclic) bond motifs is 1. The number of aromatic nitrogens is 1. The molecule has 1 aliphatic heterocycles. The van der Waals surface area contributed by atoms with Gasteiger partial charge in [0, 0.05) is 5.56 Å². The lowest BCUT2D eigenvalue weighted by molar-refractivity contribution is 0.339. The molecule has 4 N–H and O–H groups in total. The zero-order valence-corrected chi connectivity index (χ0v) is 11.9. The first-order valence-corrected chi connectivity index (χ1v) is 6.75. The number of ether oxygens (including phenoxy) is 1. The summed E-state index contributed by atoms with van der Waals surface area (Å²) in [5, 5.41) is 4.04. The van der Waals surface area contributed by atoms with Crippen molar-refractivity contribution in [3.05, 3.63) is 45.9 Å². The highest BCUT2D eigenvalue weighted by Crippen LogP contribution is 2.36. The molecule has 5 nitrogen and oxygen atoms in total. The second-order valence-electron chi connectivity index (χ2n) is 4.34. The number of nitrogens with two attached hydrogens (primary N) is 1. The minimum absolute atomic E-state index is 0.0111. The first kappa shape index (κ1) is 13.3. The van der Waals surface area contributed by atoms with Gasteiger partial charge in [-0.1, -0.05) is 41.4 Å². The molecule has 1 aliphatic rings. The Bertz CT molecular complexity index is 650. The molecule has 0 radical (unpaired) electrons. The van der Waals surface area contributed by atoms with Crippen molar-refractivity contribution in [1.82, 2.24) is 4.98 Å². The fourth-order valence-corrected chi connectivity index (χ4v) is 2.58. The molecule has 0 spiro atoms. The van der Waals surface area contributed by atoms with Gasteiger partial charge in [-0.15, -0.1) is 0 Å². The number of nitrogens with zero attached hydrogens (tertiary/aromatic N) is 1. The number of nitrogens with one attached hydrogen (secondary N) is 2. The topological polar surface area (TPSA) is 72.2 Å². The first-order chi connectivity index (χ1) is 9.69. The molecule has 0 aliphatic carbocycles. The molecule has 104 valence electrons. The third-order valence-corrected chi connectivity index (χ3v) is 3.65. The third-order valence-electron chi connectivity index (χ3n) is 3.08. The highest BCUT2D eigenvalue weighted by Gasteiger charge is 2.24. The van der Waals surface area contributed by atoms with Gasteiger partial charge in [0.1, 0.15) is 18.2 Å². The fraction of sp³-hybridized carbons (Fsp3) is 0.154. The molecule has 1 aromatic heterocycles. The molecule has 0 fully saturated rings. The summed E-state index contributed by atoms with van der Waals surface area (Å²) < 4.78 is 5.60. The normalized spacial score (nSPS) is 16.4. The van der Waals surface area contributed by atoms with Crippen LogP contribution in [0.25, 0.3) is 0 Å². The zero-order chi connectivity index (χ0) is 14.1. The second-order valence-corrected chi connectivity index (χ2v) is 5.15. The van der Waals surface area contributed by atoms with E-state index in [0.717, 1.165) is 11.3 Å². The summed E-state index contributed by atoms with van der Waals surface area (Å²) in [6.07, 6.45) is 0. The van der Waals surface area contributed by atoms with Crippen LogP contribution in [0.5, 0.6) is 5.75 Å². The molecule has 1 atom stereocenters. The maximum atomic E-state index is 6.15. The minimum Gasteiger partial charge on any atom is -0.491 e. The standard InChI is InChI=1S/C13H12Cl2N4O/c14-8-5-9(15)13(19-16)18-12(8)17-10-6-20-11-4-2-1-3-7(10)11/h1-5,10H,6,16H2,(H2,17,18,19). The van der Waals surface area contributed by atoms with Crippen molar-refractivity contribution in [3.63, 3.8) is 0 Å². The van der Waals surface area contributed by atoms with Gasteiger partial charge in [-0.05, 0) is 12.1 Å². The first-order valence-electron chi connectivity index (χ1n) is 6.00. The predicted octanol–water partition coefficient (Wildman–Crippen LogP) is 3.22. The average molecular weight is 311 g/mol. The molecular weight excluding hydrogens is 299 g/mol. The van der Waals surface area contributed by atoms with Crippen LogP contribution >= 0.6 is 23.2 Å². The zero-order valence-electron chi connectivity index (χ0n) is 10.4. The number of halogens is 2. The van der Waals surface area contributed by atoms with Crippen molar-refractivity contribution in [2.45, 2.75) is 6.04 Å². The summed E-state index contributed by atoms with van der Waals surface area (Å²) in [7, 11) is 0. The average Bonchev–Trinajstić information content (AvgIpc) is 2.85. The van der Waals surface area contributed by atoms with Crippen LogP contribution in [-0.2, 0) is 0 Å². The minimum atomic E-state index is -0.0111. The maximum Gasteiger partial charge on any atom is 0.161 e. The molecule has 0 bridgehead atoms. The van der Waals surface area contributed by atoms with E-state index in [1.807, 2.05) is 24.3 Å². The molecule has 0 saturated heterocycles. The Morgan fingerprint density at radius 2 is 1.95 bits per heavy atom. The molecule has 20 heavy (non-hydrogen) atoms. The number of nitrogen functional groups attached to an aromatic ring is 1. The summed E-state index contributed by atoms with van der Waals surface area (Å²) >= 11 is 12.1. The molecule has 3 rings (SSSR count). The Balaban J connectivity index is 1.89. The highest BCUT2D eigenvalue weighted by molar-refractivity contribution is 6.37. The number of hydrogen-bond acceptors (Lipinski definition) is 5. The lowest BCUT2D eigenvalue weighted by Gasteiger charge is -2.15. The van der Waals surface area contributed by atoms with E-state index in [-0.39, 0.29) is 6.04 Å². The van der Waals surface area contributed by atoms with Crippen LogP contribution in [0.15, 0.2) is 30.3 Å². The Kier molecular flexibility index (Phi) is 3.56. The largest absolute Gasteiger partial charge is 0.491 e. The van der Waals surface area contributed by atoms with Gasteiger partial charge in [0.15, 0.2) is 5.82 Å². The van der Waals surface area contributed by atoms with Crippen LogP contribution in [0.4, 0.5) is 11.6 Å². The Morgan fingerprint density at radius 1 is 1.20 bits per heavy atom. The van der Waals surface area contributed by atoms with Crippen LogP contribution in [0.2, 0.25) is 10.0 Å². The smallest absolute Gasteiger partial charge is 0.161 e. The highest BCUT2D eigenvalue weighted by atomic mass is 35.5. The third kappa shape index (κ3) is 2.35. The molecule has 2 heterocycles. The van der Waals surface area contributed by atoms with Crippen LogP contribution in [0.1, 0.15) is 11.6 Å². The van der Waals surface area contributed by atoms with Crippen molar-refractivity contribution >= 4 is 34.8 Å². The maximum absolute atomic E-state index is 6.15.